The SMILES string of the molecule is N#Cc1ccc(NC(=O)NC2(c3ccc(Br)cc3)CCC2)cc1. The van der Waals surface area contributed by atoms with Crippen LogP contribution in [0.5, 0.6) is 0 Å². The van der Waals surface area contributed by atoms with Gasteiger partial charge in [0.1, 0.15) is 0 Å². The van der Waals surface area contributed by atoms with Gasteiger partial charge in [-0.2, -0.15) is 5.26 Å². The number of amides is 2. The first kappa shape index (κ1) is 15.6. The molecule has 2 N–H and O–H groups in total. The van der Waals surface area contributed by atoms with Crippen LogP contribution in [-0.2, 0) is 5.54 Å². The van der Waals surface area contributed by atoms with E-state index in [-0.39, 0.29) is 11.6 Å². The van der Waals surface area contributed by atoms with Gasteiger partial charge in [-0.15, -0.1) is 0 Å². The van der Waals surface area contributed by atoms with E-state index in [0.717, 1.165) is 29.3 Å². The molecule has 0 aliphatic heterocycles. The molecule has 1 aliphatic rings. The van der Waals surface area contributed by atoms with Crippen LogP contribution in [0.25, 0.3) is 0 Å². The van der Waals surface area contributed by atoms with Gasteiger partial charge in [0.2, 0.25) is 0 Å². The number of anilines is 1. The Morgan fingerprint density at radius 3 is 2.26 bits per heavy atom. The van der Waals surface area contributed by atoms with Gasteiger partial charge in [-0.3, -0.25) is 0 Å². The fraction of sp³-hybridized carbons (Fsp3) is 0.222. The monoisotopic (exact) mass is 369 g/mol. The minimum atomic E-state index is -0.280. The van der Waals surface area contributed by atoms with E-state index < -0.39 is 0 Å². The molecule has 3 rings (SSSR count). The number of carbonyl (C=O) groups is 1. The molecule has 1 fully saturated rings. The smallest absolute Gasteiger partial charge is 0.319 e. The maximum atomic E-state index is 12.3. The van der Waals surface area contributed by atoms with Crippen molar-refractivity contribution in [1.82, 2.24) is 5.32 Å². The topological polar surface area (TPSA) is 64.9 Å². The molecule has 2 aromatic rings. The molecule has 0 aromatic heterocycles. The quantitative estimate of drug-likeness (QED) is 0.834. The van der Waals surface area contributed by atoms with Crippen molar-refractivity contribution >= 4 is 27.6 Å². The molecule has 0 saturated heterocycles. The van der Waals surface area contributed by atoms with E-state index in [1.807, 2.05) is 24.3 Å². The first-order valence-corrected chi connectivity index (χ1v) is 8.26. The minimum absolute atomic E-state index is 0.225. The highest BCUT2D eigenvalue weighted by molar-refractivity contribution is 9.10. The Bertz CT molecular complexity index is 743. The van der Waals surface area contributed by atoms with Gasteiger partial charge < -0.3 is 10.6 Å². The minimum Gasteiger partial charge on any atom is -0.328 e. The summed E-state index contributed by atoms with van der Waals surface area (Å²) >= 11 is 3.44. The molecule has 0 bridgehead atoms. The van der Waals surface area contributed by atoms with Crippen molar-refractivity contribution in [3.05, 3.63) is 64.1 Å². The Morgan fingerprint density at radius 2 is 1.74 bits per heavy atom. The van der Waals surface area contributed by atoms with Crippen molar-refractivity contribution < 1.29 is 4.79 Å². The normalized spacial score (nSPS) is 15.1. The summed E-state index contributed by atoms with van der Waals surface area (Å²) in [7, 11) is 0. The van der Waals surface area contributed by atoms with Crippen molar-refractivity contribution in [2.24, 2.45) is 0 Å². The van der Waals surface area contributed by atoms with Gasteiger partial charge in [-0.05, 0) is 61.2 Å². The number of nitriles is 1. The fourth-order valence-electron chi connectivity index (χ4n) is 2.79. The maximum absolute atomic E-state index is 12.3. The summed E-state index contributed by atoms with van der Waals surface area (Å²) < 4.78 is 1.03. The fourth-order valence-corrected chi connectivity index (χ4v) is 3.06. The van der Waals surface area contributed by atoms with E-state index in [9.17, 15) is 4.79 Å². The first-order valence-electron chi connectivity index (χ1n) is 7.47. The lowest BCUT2D eigenvalue weighted by molar-refractivity contribution is 0.185. The zero-order valence-electron chi connectivity index (χ0n) is 12.5. The number of nitrogens with zero attached hydrogens (tertiary/aromatic N) is 1. The predicted octanol–water partition coefficient (Wildman–Crippen LogP) is 4.52. The van der Waals surface area contributed by atoms with Crippen LogP contribution in [0.3, 0.4) is 0 Å². The molecule has 4 nitrogen and oxygen atoms in total. The second kappa shape index (κ2) is 6.43. The zero-order chi connectivity index (χ0) is 16.3. The molecule has 0 radical (unpaired) electrons. The first-order chi connectivity index (χ1) is 11.1. The lowest BCUT2D eigenvalue weighted by atomic mass is 9.72. The molecule has 0 atom stereocenters. The van der Waals surface area contributed by atoms with Crippen LogP contribution >= 0.6 is 15.9 Å². The lowest BCUT2D eigenvalue weighted by Gasteiger charge is -2.43. The summed E-state index contributed by atoms with van der Waals surface area (Å²) in [6.07, 6.45) is 2.98. The van der Waals surface area contributed by atoms with E-state index in [2.05, 4.69) is 32.6 Å². The third-order valence-corrected chi connectivity index (χ3v) is 4.76. The van der Waals surface area contributed by atoms with Crippen molar-refractivity contribution in [2.45, 2.75) is 24.8 Å². The van der Waals surface area contributed by atoms with Gasteiger partial charge in [0.25, 0.3) is 0 Å². The van der Waals surface area contributed by atoms with Crippen molar-refractivity contribution in [3.8, 4) is 6.07 Å². The molecule has 2 amide bonds. The van der Waals surface area contributed by atoms with Gasteiger partial charge in [0, 0.05) is 10.2 Å². The third-order valence-electron chi connectivity index (χ3n) is 4.23. The largest absolute Gasteiger partial charge is 0.328 e. The number of carbonyl (C=O) groups excluding carboxylic acids is 1. The summed E-state index contributed by atoms with van der Waals surface area (Å²) in [4.78, 5) is 12.3. The highest BCUT2D eigenvalue weighted by Gasteiger charge is 2.40. The maximum Gasteiger partial charge on any atom is 0.319 e. The third kappa shape index (κ3) is 3.38. The van der Waals surface area contributed by atoms with E-state index in [1.54, 1.807) is 24.3 Å². The standard InChI is InChI=1S/C18H16BrN3O/c19-15-6-4-14(5-7-15)18(10-1-11-18)22-17(23)21-16-8-2-13(12-20)3-9-16/h2-9H,1,10-11H2,(H2,21,22,23). The molecule has 0 unspecified atom stereocenters. The number of rotatable bonds is 3. The Balaban J connectivity index is 1.70. The predicted molar refractivity (Wildman–Crippen MR) is 93.0 cm³/mol. The highest BCUT2D eigenvalue weighted by atomic mass is 79.9. The molecule has 1 saturated carbocycles. The summed E-state index contributed by atoms with van der Waals surface area (Å²) in [5.74, 6) is 0. The lowest BCUT2D eigenvalue weighted by Crippen LogP contribution is -2.52. The number of benzene rings is 2. The van der Waals surface area contributed by atoms with Crippen molar-refractivity contribution in [2.75, 3.05) is 5.32 Å². The van der Waals surface area contributed by atoms with Gasteiger partial charge >= 0.3 is 6.03 Å². The van der Waals surface area contributed by atoms with E-state index >= 15 is 0 Å². The van der Waals surface area contributed by atoms with Gasteiger partial charge in [-0.25, -0.2) is 4.79 Å². The summed E-state index contributed by atoms with van der Waals surface area (Å²) in [5, 5.41) is 14.7. The number of nitrogens with one attached hydrogen (secondary N) is 2. The molecule has 1 aliphatic carbocycles. The summed E-state index contributed by atoms with van der Waals surface area (Å²) in [6.45, 7) is 0. The van der Waals surface area contributed by atoms with E-state index in [4.69, 9.17) is 5.26 Å². The Hall–Kier alpha value is -2.32. The van der Waals surface area contributed by atoms with Crippen LogP contribution in [-0.4, -0.2) is 6.03 Å². The van der Waals surface area contributed by atoms with Gasteiger partial charge in [0.05, 0.1) is 17.2 Å². The average molecular weight is 370 g/mol. The van der Waals surface area contributed by atoms with Crippen molar-refractivity contribution in [1.29, 1.82) is 5.26 Å². The Morgan fingerprint density at radius 1 is 1.09 bits per heavy atom. The number of halogens is 1. The Kier molecular flexibility index (Phi) is 4.35. The van der Waals surface area contributed by atoms with Gasteiger partial charge in [-0.1, -0.05) is 28.1 Å². The highest BCUT2D eigenvalue weighted by Crippen LogP contribution is 2.41. The second-order valence-electron chi connectivity index (χ2n) is 5.71. The molecule has 23 heavy (non-hydrogen) atoms. The summed E-state index contributed by atoms with van der Waals surface area (Å²) in [6, 6.07) is 16.7. The van der Waals surface area contributed by atoms with E-state index in [1.165, 1.54) is 0 Å². The van der Waals surface area contributed by atoms with E-state index in [0.29, 0.717) is 11.3 Å². The van der Waals surface area contributed by atoms with Crippen LogP contribution in [0.1, 0.15) is 30.4 Å². The molecule has 5 heteroatoms. The average Bonchev–Trinajstić information content (AvgIpc) is 2.53. The zero-order valence-corrected chi connectivity index (χ0v) is 14.1. The molecule has 0 heterocycles. The molecule has 116 valence electrons. The molecule has 0 spiro atoms. The van der Waals surface area contributed by atoms with Crippen LogP contribution in [0.4, 0.5) is 10.5 Å². The molecular weight excluding hydrogens is 354 g/mol. The summed E-state index contributed by atoms with van der Waals surface area (Å²) in [5.41, 5.74) is 2.09. The molecular formula is C18H16BrN3O. The number of urea groups is 1. The van der Waals surface area contributed by atoms with Crippen LogP contribution in [0.2, 0.25) is 0 Å². The van der Waals surface area contributed by atoms with Gasteiger partial charge in [0.15, 0.2) is 0 Å². The second-order valence-corrected chi connectivity index (χ2v) is 6.63. The number of hydrogen-bond acceptors (Lipinski definition) is 2. The van der Waals surface area contributed by atoms with Crippen LogP contribution < -0.4 is 10.6 Å². The Labute approximate surface area is 143 Å². The molecule has 2 aromatic carbocycles. The van der Waals surface area contributed by atoms with Crippen molar-refractivity contribution in [3.63, 3.8) is 0 Å². The van der Waals surface area contributed by atoms with Crippen LogP contribution in [0, 0.1) is 11.3 Å². The van der Waals surface area contributed by atoms with Crippen LogP contribution in [0.15, 0.2) is 53.0 Å². The number of hydrogen-bond donors (Lipinski definition) is 2.